The summed E-state index contributed by atoms with van der Waals surface area (Å²) in [6.45, 7) is 2.39. The van der Waals surface area contributed by atoms with E-state index in [4.69, 9.17) is 27.1 Å². The van der Waals surface area contributed by atoms with E-state index < -0.39 is 41.5 Å². The number of anilines is 3. The van der Waals surface area contributed by atoms with E-state index in [1.165, 1.54) is 21.9 Å². The van der Waals surface area contributed by atoms with Crippen LogP contribution in [0.2, 0.25) is 5.02 Å². The fourth-order valence-corrected chi connectivity index (χ4v) is 8.50. The number of hydrogen-bond donors (Lipinski definition) is 5. The van der Waals surface area contributed by atoms with Gasteiger partial charge in [-0.15, -0.1) is 0 Å². The number of ether oxygens (including phenoxy) is 1. The number of piperazine rings is 1. The van der Waals surface area contributed by atoms with E-state index >= 15 is 4.39 Å². The molecule has 1 aromatic heterocycles. The topological polar surface area (TPSA) is 233 Å². The van der Waals surface area contributed by atoms with Crippen molar-refractivity contribution in [2.45, 2.75) is 25.3 Å². The summed E-state index contributed by atoms with van der Waals surface area (Å²) in [5.74, 6) is -2.91. The predicted octanol–water partition coefficient (Wildman–Crippen LogP) is 3.94. The largest absolute Gasteiger partial charge is 0.508 e. The Morgan fingerprint density at radius 2 is 1.72 bits per heavy atom. The Bertz CT molecular complexity index is 2730. The molecule has 0 bridgehead atoms. The van der Waals surface area contributed by atoms with Gasteiger partial charge in [-0.3, -0.25) is 34.2 Å². The lowest BCUT2D eigenvalue weighted by molar-refractivity contribution is -0.136. The lowest BCUT2D eigenvalue weighted by Crippen LogP contribution is -2.54. The molecule has 0 radical (unpaired) electrons. The number of phenols is 1. The number of piperidine rings is 1. The van der Waals surface area contributed by atoms with Crippen LogP contribution < -0.4 is 26.6 Å². The van der Waals surface area contributed by atoms with Gasteiger partial charge in [0.15, 0.2) is 5.82 Å². The normalized spacial score (nSPS) is 16.4. The van der Waals surface area contributed by atoms with E-state index in [1.54, 1.807) is 37.4 Å². The van der Waals surface area contributed by atoms with Gasteiger partial charge in [0.2, 0.25) is 23.7 Å². The molecular formula is C44H44ClFN10O8. The minimum absolute atomic E-state index is 0.0214. The summed E-state index contributed by atoms with van der Waals surface area (Å²) in [4.78, 5) is 90.7. The van der Waals surface area contributed by atoms with Gasteiger partial charge in [0.25, 0.3) is 11.8 Å². The van der Waals surface area contributed by atoms with Crippen molar-refractivity contribution in [3.8, 4) is 16.9 Å². The lowest BCUT2D eigenvalue weighted by Gasteiger charge is -2.35. The molecule has 2 fully saturated rings. The van der Waals surface area contributed by atoms with Gasteiger partial charge in [-0.1, -0.05) is 41.9 Å². The SMILES string of the molecule is CN(CCOCCNc1cccc2c1C(=O)N(C1CCC(=O)NC1=O)C2=O)C(=O)CCNc1nc(N2CCN(C(N)=O)CC2)c2cc(Cl)c(-c3cc(O)cc4ccccc34)c(F)c2n1. The number of benzene rings is 4. The Morgan fingerprint density at radius 1 is 0.938 bits per heavy atom. The number of imide groups is 2. The van der Waals surface area contributed by atoms with Gasteiger partial charge in [0.1, 0.15) is 23.1 Å². The van der Waals surface area contributed by atoms with Gasteiger partial charge in [0, 0.05) is 82.3 Å². The van der Waals surface area contributed by atoms with E-state index in [0.29, 0.717) is 59.4 Å². The third kappa shape index (κ3) is 8.63. The monoisotopic (exact) mass is 894 g/mol. The van der Waals surface area contributed by atoms with Crippen molar-refractivity contribution >= 4 is 86.3 Å². The van der Waals surface area contributed by atoms with Crippen molar-refractivity contribution in [2.24, 2.45) is 5.73 Å². The second kappa shape index (κ2) is 18.3. The van der Waals surface area contributed by atoms with Gasteiger partial charge in [-0.2, -0.15) is 4.98 Å². The standard InChI is InChI=1S/C44H44ClFN10O8/c1-53(18-20-64-19-13-48-31-8-4-7-27-36(31)42(62)56(41(27)61)32-9-10-33(58)50-40(32)60)34(59)11-12-49-44-51-38-29(39(52-44)54-14-16-55(17-15-54)43(47)63)23-30(45)35(37(38)46)28-22-25(57)21-24-5-2-3-6-26(24)28/h2-8,21-23,32,48,57H,9-20H2,1H3,(H2,47,63)(H,49,51,52)(H,50,58,60). The number of nitrogens with one attached hydrogen (secondary N) is 3. The smallest absolute Gasteiger partial charge is 0.314 e. The molecule has 3 aliphatic heterocycles. The Labute approximate surface area is 370 Å². The molecule has 18 nitrogen and oxygen atoms in total. The van der Waals surface area contributed by atoms with Crippen LogP contribution in [-0.2, 0) is 19.1 Å². The number of aromatic nitrogens is 2. The predicted molar refractivity (Wildman–Crippen MR) is 236 cm³/mol. The van der Waals surface area contributed by atoms with Crippen LogP contribution >= 0.6 is 11.6 Å². The first-order valence-electron chi connectivity index (χ1n) is 20.7. The first-order valence-corrected chi connectivity index (χ1v) is 21.0. The van der Waals surface area contributed by atoms with Crippen LogP contribution in [0.1, 0.15) is 40.0 Å². The highest BCUT2D eigenvalue weighted by Crippen LogP contribution is 2.42. The van der Waals surface area contributed by atoms with Crippen molar-refractivity contribution in [3.63, 3.8) is 0 Å². The summed E-state index contributed by atoms with van der Waals surface area (Å²) in [6.07, 6.45) is 0.115. The third-order valence-corrected chi connectivity index (χ3v) is 11.8. The minimum atomic E-state index is -1.07. The summed E-state index contributed by atoms with van der Waals surface area (Å²) in [5.41, 5.74) is 6.63. The van der Waals surface area contributed by atoms with Crippen LogP contribution in [0.15, 0.2) is 60.7 Å². The zero-order valence-corrected chi connectivity index (χ0v) is 35.4. The van der Waals surface area contributed by atoms with E-state index in [2.05, 4.69) is 20.9 Å². The molecule has 4 heterocycles. The number of rotatable bonds is 14. The molecule has 3 aliphatic rings. The van der Waals surface area contributed by atoms with Gasteiger partial charge >= 0.3 is 6.03 Å². The highest BCUT2D eigenvalue weighted by atomic mass is 35.5. The number of nitrogens with two attached hydrogens (primary N) is 1. The Kier molecular flexibility index (Phi) is 12.5. The first kappa shape index (κ1) is 43.5. The molecule has 1 atom stereocenters. The zero-order valence-electron chi connectivity index (χ0n) is 34.7. The van der Waals surface area contributed by atoms with Gasteiger partial charge < -0.3 is 40.9 Å². The molecule has 4 aromatic carbocycles. The number of nitrogens with zero attached hydrogens (tertiary/aromatic N) is 6. The number of carbonyl (C=O) groups is 6. The van der Waals surface area contributed by atoms with E-state index in [1.807, 2.05) is 23.1 Å². The first-order chi connectivity index (χ1) is 30.8. The Hall–Kier alpha value is -7.12. The molecule has 7 amide bonds. The molecule has 20 heteroatoms. The molecule has 0 aliphatic carbocycles. The van der Waals surface area contributed by atoms with Gasteiger partial charge in [-0.25, -0.2) is 14.2 Å². The number of likely N-dealkylation sites (N-methyl/N-ethyl adjacent to an activating group) is 1. The molecule has 5 aromatic rings. The average Bonchev–Trinajstić information content (AvgIpc) is 3.53. The number of fused-ring (bicyclic) bond motifs is 3. The molecule has 8 rings (SSSR count). The van der Waals surface area contributed by atoms with Crippen LogP contribution in [0, 0.1) is 5.82 Å². The summed E-state index contributed by atoms with van der Waals surface area (Å²) < 4.78 is 22.6. The fourth-order valence-electron chi connectivity index (χ4n) is 8.21. The number of phenolic OH excluding ortho intramolecular Hbond substituents is 1. The molecule has 6 N–H and O–H groups in total. The van der Waals surface area contributed by atoms with Crippen LogP contribution in [0.5, 0.6) is 5.75 Å². The second-order valence-corrected chi connectivity index (χ2v) is 16.0. The quantitative estimate of drug-likeness (QED) is 0.0787. The highest BCUT2D eigenvalue weighted by Gasteiger charge is 2.45. The number of amides is 7. The summed E-state index contributed by atoms with van der Waals surface area (Å²) in [6, 6.07) is 15.0. The maximum atomic E-state index is 16.9. The van der Waals surface area contributed by atoms with Crippen molar-refractivity contribution < 1.29 is 43.0 Å². The van der Waals surface area contributed by atoms with Crippen molar-refractivity contribution in [3.05, 3.63) is 82.6 Å². The van der Waals surface area contributed by atoms with E-state index in [0.717, 1.165) is 4.90 Å². The number of primary amides is 1. The fraction of sp³-hybridized carbons (Fsp3) is 0.318. The van der Waals surface area contributed by atoms with E-state index in [9.17, 15) is 33.9 Å². The molecular weight excluding hydrogens is 851 g/mol. The van der Waals surface area contributed by atoms with Crippen LogP contribution in [0.4, 0.5) is 26.6 Å². The summed E-state index contributed by atoms with van der Waals surface area (Å²) >= 11 is 6.83. The molecule has 2 saturated heterocycles. The minimum Gasteiger partial charge on any atom is -0.508 e. The molecule has 0 saturated carbocycles. The van der Waals surface area contributed by atoms with Gasteiger partial charge in [0.05, 0.1) is 29.4 Å². The number of carbonyl (C=O) groups excluding carboxylic acids is 6. The van der Waals surface area contributed by atoms with E-state index in [-0.39, 0.29) is 96.9 Å². The number of halogens is 2. The average molecular weight is 895 g/mol. The molecule has 0 spiro atoms. The van der Waals surface area contributed by atoms with Crippen molar-refractivity contribution in [1.29, 1.82) is 0 Å². The summed E-state index contributed by atoms with van der Waals surface area (Å²) in [7, 11) is 1.64. The second-order valence-electron chi connectivity index (χ2n) is 15.5. The number of urea groups is 1. The zero-order chi connectivity index (χ0) is 45.2. The molecule has 64 heavy (non-hydrogen) atoms. The van der Waals surface area contributed by atoms with Crippen molar-refractivity contribution in [2.75, 3.05) is 81.6 Å². The van der Waals surface area contributed by atoms with Crippen LogP contribution in [0.25, 0.3) is 32.8 Å². The number of hydrogen-bond acceptors (Lipinski definition) is 13. The van der Waals surface area contributed by atoms with Crippen LogP contribution in [0.3, 0.4) is 0 Å². The third-order valence-electron chi connectivity index (χ3n) is 11.5. The van der Waals surface area contributed by atoms with Gasteiger partial charge in [-0.05, 0) is 53.1 Å². The Morgan fingerprint density at radius 3 is 2.48 bits per heavy atom. The summed E-state index contributed by atoms with van der Waals surface area (Å²) in [5, 5.41) is 20.7. The Balaban J connectivity index is 0.886. The number of aromatic hydroxyl groups is 1. The maximum absolute atomic E-state index is 16.9. The highest BCUT2D eigenvalue weighted by molar-refractivity contribution is 6.35. The lowest BCUT2D eigenvalue weighted by atomic mass is 9.96. The molecule has 332 valence electrons. The van der Waals surface area contributed by atoms with Crippen molar-refractivity contribution in [1.82, 2.24) is 30.0 Å². The van der Waals surface area contributed by atoms with Crippen LogP contribution in [-0.4, -0.2) is 137 Å². The molecule has 1 unspecified atom stereocenters. The maximum Gasteiger partial charge on any atom is 0.314 e.